The fourth-order valence-corrected chi connectivity index (χ4v) is 4.43. The molecule has 0 spiro atoms. The molecule has 3 heteroatoms. The lowest BCUT2D eigenvalue weighted by atomic mass is 9.89. The molecule has 0 amide bonds. The third-order valence-electron chi connectivity index (χ3n) is 5.59. The molecule has 110 valence electrons. The smallest absolute Gasteiger partial charge is 0.0641 e. The van der Waals surface area contributed by atoms with Gasteiger partial charge < -0.3 is 15.0 Å². The minimum atomic E-state index is 0.0712. The molecule has 3 aliphatic rings. The average molecular weight is 266 g/mol. The van der Waals surface area contributed by atoms with E-state index in [-0.39, 0.29) is 5.60 Å². The summed E-state index contributed by atoms with van der Waals surface area (Å²) in [5, 5.41) is 3.83. The van der Waals surface area contributed by atoms with Gasteiger partial charge in [-0.1, -0.05) is 0 Å². The Hall–Kier alpha value is -0.120. The molecule has 3 fully saturated rings. The summed E-state index contributed by atoms with van der Waals surface area (Å²) in [4.78, 5) is 2.63. The zero-order valence-electron chi connectivity index (χ0n) is 12.8. The lowest BCUT2D eigenvalue weighted by molar-refractivity contribution is -0.0635. The summed E-state index contributed by atoms with van der Waals surface area (Å²) in [6, 6.07) is 2.41. The van der Waals surface area contributed by atoms with Crippen molar-refractivity contribution in [2.75, 3.05) is 20.2 Å². The molecule has 3 nitrogen and oxygen atoms in total. The van der Waals surface area contributed by atoms with E-state index in [1.165, 1.54) is 38.6 Å². The predicted molar refractivity (Wildman–Crippen MR) is 78.4 cm³/mol. The maximum absolute atomic E-state index is 5.80. The Balaban J connectivity index is 1.45. The van der Waals surface area contributed by atoms with Crippen LogP contribution in [0.3, 0.4) is 0 Å². The minimum Gasteiger partial charge on any atom is -0.375 e. The number of rotatable bonds is 3. The maximum Gasteiger partial charge on any atom is 0.0641 e. The van der Waals surface area contributed by atoms with Gasteiger partial charge in [0.05, 0.1) is 5.60 Å². The van der Waals surface area contributed by atoms with Crippen molar-refractivity contribution >= 4 is 0 Å². The molecule has 1 N–H and O–H groups in total. The largest absolute Gasteiger partial charge is 0.375 e. The Kier molecular flexibility index (Phi) is 3.89. The van der Waals surface area contributed by atoms with Gasteiger partial charge in [-0.3, -0.25) is 0 Å². The Bertz CT molecular complexity index is 304. The first-order valence-corrected chi connectivity index (χ1v) is 8.13. The molecule has 3 aliphatic heterocycles. The standard InChI is InChI=1S/C16H30N2O/c1-16(2)10-13(6-7-19-16)17-11-12-8-14-4-5-15(9-12)18(14)3/h12-15,17H,4-11H2,1-3H3. The van der Waals surface area contributed by atoms with Gasteiger partial charge in [0.15, 0.2) is 0 Å². The highest BCUT2D eigenvalue weighted by Crippen LogP contribution is 2.37. The summed E-state index contributed by atoms with van der Waals surface area (Å²) in [5.74, 6) is 0.902. The molecule has 3 atom stereocenters. The SMILES string of the molecule is CN1C2CCC1CC(CNC1CCOC(C)(C)C1)C2. The highest BCUT2D eigenvalue weighted by molar-refractivity contribution is 4.94. The summed E-state index contributed by atoms with van der Waals surface area (Å²) in [7, 11) is 2.33. The third-order valence-corrected chi connectivity index (χ3v) is 5.59. The van der Waals surface area contributed by atoms with Gasteiger partial charge in [0, 0.05) is 24.7 Å². The Labute approximate surface area is 118 Å². The molecule has 3 heterocycles. The Morgan fingerprint density at radius 3 is 2.47 bits per heavy atom. The topological polar surface area (TPSA) is 24.5 Å². The van der Waals surface area contributed by atoms with Crippen LogP contribution >= 0.6 is 0 Å². The molecular formula is C16H30N2O. The lowest BCUT2D eigenvalue weighted by Crippen LogP contribution is -2.47. The van der Waals surface area contributed by atoms with Crippen LogP contribution in [0.1, 0.15) is 52.4 Å². The molecule has 0 aromatic carbocycles. The summed E-state index contributed by atoms with van der Waals surface area (Å²) in [6.45, 7) is 6.58. The number of nitrogens with one attached hydrogen (secondary N) is 1. The van der Waals surface area contributed by atoms with Gasteiger partial charge in [0.25, 0.3) is 0 Å². The van der Waals surface area contributed by atoms with Crippen molar-refractivity contribution in [3.8, 4) is 0 Å². The van der Waals surface area contributed by atoms with Crippen molar-refractivity contribution in [3.63, 3.8) is 0 Å². The van der Waals surface area contributed by atoms with Crippen molar-refractivity contribution < 1.29 is 4.74 Å². The van der Waals surface area contributed by atoms with E-state index in [2.05, 4.69) is 31.1 Å². The molecule has 0 aromatic heterocycles. The lowest BCUT2D eigenvalue weighted by Gasteiger charge is -2.39. The van der Waals surface area contributed by atoms with Crippen LogP contribution in [0.15, 0.2) is 0 Å². The third kappa shape index (κ3) is 3.14. The second-order valence-electron chi connectivity index (χ2n) is 7.59. The van der Waals surface area contributed by atoms with Crippen LogP contribution in [-0.2, 0) is 4.74 Å². The number of piperidine rings is 1. The quantitative estimate of drug-likeness (QED) is 0.849. The van der Waals surface area contributed by atoms with E-state index in [4.69, 9.17) is 4.74 Å². The van der Waals surface area contributed by atoms with Gasteiger partial charge in [0.2, 0.25) is 0 Å². The van der Waals surface area contributed by atoms with E-state index in [1.54, 1.807) is 0 Å². The van der Waals surface area contributed by atoms with Gasteiger partial charge in [-0.15, -0.1) is 0 Å². The highest BCUT2D eigenvalue weighted by Gasteiger charge is 2.38. The fraction of sp³-hybridized carbons (Fsp3) is 1.00. The maximum atomic E-state index is 5.80. The molecule has 3 unspecified atom stereocenters. The van der Waals surface area contributed by atoms with Crippen molar-refractivity contribution in [2.24, 2.45) is 5.92 Å². The first-order valence-electron chi connectivity index (χ1n) is 8.13. The molecule has 19 heavy (non-hydrogen) atoms. The Morgan fingerprint density at radius 1 is 1.16 bits per heavy atom. The van der Waals surface area contributed by atoms with Crippen LogP contribution in [0.25, 0.3) is 0 Å². The second-order valence-corrected chi connectivity index (χ2v) is 7.59. The van der Waals surface area contributed by atoms with Crippen LogP contribution in [0.4, 0.5) is 0 Å². The zero-order chi connectivity index (χ0) is 13.5. The summed E-state index contributed by atoms with van der Waals surface area (Å²) >= 11 is 0. The summed E-state index contributed by atoms with van der Waals surface area (Å²) in [6.07, 6.45) is 8.03. The molecule has 3 rings (SSSR count). The summed E-state index contributed by atoms with van der Waals surface area (Å²) < 4.78 is 5.80. The number of hydrogen-bond acceptors (Lipinski definition) is 3. The molecule has 0 radical (unpaired) electrons. The zero-order valence-corrected chi connectivity index (χ0v) is 12.8. The first kappa shape index (κ1) is 13.8. The van der Waals surface area contributed by atoms with E-state index in [0.717, 1.165) is 31.0 Å². The predicted octanol–water partition coefficient (Wildman–Crippen LogP) is 2.41. The highest BCUT2D eigenvalue weighted by atomic mass is 16.5. The Morgan fingerprint density at radius 2 is 1.84 bits per heavy atom. The molecule has 0 saturated carbocycles. The minimum absolute atomic E-state index is 0.0712. The van der Waals surface area contributed by atoms with E-state index >= 15 is 0 Å². The van der Waals surface area contributed by atoms with Crippen molar-refractivity contribution in [1.29, 1.82) is 0 Å². The van der Waals surface area contributed by atoms with E-state index in [9.17, 15) is 0 Å². The van der Waals surface area contributed by atoms with Crippen LogP contribution in [0, 0.1) is 5.92 Å². The fourth-order valence-electron chi connectivity index (χ4n) is 4.43. The molecule has 0 aliphatic carbocycles. The first-order chi connectivity index (χ1) is 9.03. The van der Waals surface area contributed by atoms with Gasteiger partial charge >= 0.3 is 0 Å². The van der Waals surface area contributed by atoms with Crippen molar-refractivity contribution in [3.05, 3.63) is 0 Å². The van der Waals surface area contributed by atoms with E-state index < -0.39 is 0 Å². The normalized spacial score (nSPS) is 42.5. The average Bonchev–Trinajstić information content (AvgIpc) is 2.59. The number of hydrogen-bond donors (Lipinski definition) is 1. The van der Waals surface area contributed by atoms with Gasteiger partial charge in [0.1, 0.15) is 0 Å². The van der Waals surface area contributed by atoms with Gasteiger partial charge in [-0.05, 0) is 71.9 Å². The van der Waals surface area contributed by atoms with Gasteiger partial charge in [-0.25, -0.2) is 0 Å². The van der Waals surface area contributed by atoms with Gasteiger partial charge in [-0.2, -0.15) is 0 Å². The monoisotopic (exact) mass is 266 g/mol. The van der Waals surface area contributed by atoms with Crippen LogP contribution in [0.5, 0.6) is 0 Å². The number of fused-ring (bicyclic) bond motifs is 2. The van der Waals surface area contributed by atoms with E-state index in [0.29, 0.717) is 6.04 Å². The molecule has 2 bridgehead atoms. The van der Waals surface area contributed by atoms with Crippen LogP contribution in [-0.4, -0.2) is 48.8 Å². The van der Waals surface area contributed by atoms with Crippen LogP contribution < -0.4 is 5.32 Å². The van der Waals surface area contributed by atoms with E-state index in [1.807, 2.05) is 0 Å². The number of ether oxygens (including phenoxy) is 1. The van der Waals surface area contributed by atoms with Crippen LogP contribution in [0.2, 0.25) is 0 Å². The molecule has 3 saturated heterocycles. The van der Waals surface area contributed by atoms with Crippen molar-refractivity contribution in [1.82, 2.24) is 10.2 Å². The molecule has 0 aromatic rings. The van der Waals surface area contributed by atoms with Crippen molar-refractivity contribution in [2.45, 2.75) is 76.1 Å². The molecular weight excluding hydrogens is 236 g/mol. The number of nitrogens with zero attached hydrogens (tertiary/aromatic N) is 1. The summed E-state index contributed by atoms with van der Waals surface area (Å²) in [5.41, 5.74) is 0.0712. The second kappa shape index (κ2) is 5.34.